The number of amides is 4. The lowest BCUT2D eigenvalue weighted by Gasteiger charge is -2.46. The van der Waals surface area contributed by atoms with Gasteiger partial charge in [-0.1, -0.05) is 30.7 Å². The summed E-state index contributed by atoms with van der Waals surface area (Å²) < 4.78 is 0. The number of nitrogens with zero attached hydrogens (tertiary/aromatic N) is 4. The van der Waals surface area contributed by atoms with Gasteiger partial charge in [-0.2, -0.15) is 0 Å². The first kappa shape index (κ1) is 25.1. The highest BCUT2D eigenvalue weighted by Gasteiger charge is 2.55. The molecule has 1 aliphatic heterocycles. The van der Waals surface area contributed by atoms with Crippen LogP contribution in [0.5, 0.6) is 0 Å². The topological polar surface area (TPSA) is 122 Å². The maximum Gasteiger partial charge on any atom is 0.325 e. The van der Waals surface area contributed by atoms with E-state index in [1.807, 2.05) is 19.1 Å². The molecule has 3 heterocycles. The molecule has 2 aromatic heterocycles. The summed E-state index contributed by atoms with van der Waals surface area (Å²) in [6.45, 7) is 1.92. The molecule has 4 amide bonds. The molecule has 3 N–H and O–H groups in total. The number of halogens is 1. The number of urea groups is 1. The number of pyridine rings is 2. The number of β-lactam (4-membered cyclic amide) rings is 1. The zero-order chi connectivity index (χ0) is 25.8. The van der Waals surface area contributed by atoms with E-state index in [0.29, 0.717) is 22.9 Å². The summed E-state index contributed by atoms with van der Waals surface area (Å²) >= 11 is 5.99. The third kappa shape index (κ3) is 5.16. The molecule has 0 aliphatic carbocycles. The molecule has 0 bridgehead atoms. The molecule has 3 aromatic rings. The number of likely N-dealkylation sites (N-methyl/N-ethyl adjacent to an activating group) is 1. The number of benzene rings is 1. The van der Waals surface area contributed by atoms with Crippen molar-refractivity contribution in [2.75, 3.05) is 17.7 Å². The van der Waals surface area contributed by atoms with Crippen molar-refractivity contribution in [3.05, 3.63) is 83.3 Å². The van der Waals surface area contributed by atoms with Gasteiger partial charge in [-0.3, -0.25) is 19.5 Å². The van der Waals surface area contributed by atoms with Gasteiger partial charge in [0.15, 0.2) is 0 Å². The van der Waals surface area contributed by atoms with Crippen molar-refractivity contribution in [2.24, 2.45) is 5.92 Å². The predicted molar refractivity (Wildman–Crippen MR) is 137 cm³/mol. The number of rotatable bonds is 7. The molecule has 1 aliphatic rings. The fraction of sp³-hybridized carbons (Fsp3) is 0.269. The summed E-state index contributed by atoms with van der Waals surface area (Å²) in [6.07, 6.45) is 5.54. The number of aromatic nitrogens is 2. The van der Waals surface area contributed by atoms with E-state index in [0.717, 1.165) is 16.0 Å². The number of imide groups is 1. The van der Waals surface area contributed by atoms with Crippen molar-refractivity contribution in [1.29, 1.82) is 0 Å². The van der Waals surface area contributed by atoms with Gasteiger partial charge in [0.05, 0.1) is 12.0 Å². The third-order valence-electron chi connectivity index (χ3n) is 6.35. The first-order chi connectivity index (χ1) is 17.3. The summed E-state index contributed by atoms with van der Waals surface area (Å²) in [4.78, 5) is 50.6. The van der Waals surface area contributed by atoms with Gasteiger partial charge in [-0.15, -0.1) is 0 Å². The Morgan fingerprint density at radius 2 is 1.83 bits per heavy atom. The van der Waals surface area contributed by atoms with Crippen LogP contribution in [0.1, 0.15) is 30.5 Å². The van der Waals surface area contributed by atoms with Crippen molar-refractivity contribution in [1.82, 2.24) is 20.2 Å². The van der Waals surface area contributed by atoms with Gasteiger partial charge >= 0.3 is 6.03 Å². The van der Waals surface area contributed by atoms with E-state index in [9.17, 15) is 14.4 Å². The molecule has 0 radical (unpaired) electrons. The van der Waals surface area contributed by atoms with E-state index < -0.39 is 23.9 Å². The number of nitrogen functional groups attached to an aromatic ring is 1. The number of anilines is 2. The Balaban J connectivity index is 1.59. The second-order valence-corrected chi connectivity index (χ2v) is 9.05. The standard InChI is InChI=1S/C26H27ClN6O3/c1-3-21(17-4-6-18(27)7-5-17)31-26(36)33-23(25(35)32(2)19-9-11-29-12-10-19)20(24(33)34)14-16-8-13-30-22(28)15-16/h4-13,15,20-21,23H,3,14H2,1-2H3,(H2,28,30)(H,31,36)/t20-,21-,23+/m1/s1. The van der Waals surface area contributed by atoms with Gasteiger partial charge in [0.25, 0.3) is 5.91 Å². The molecule has 10 heteroatoms. The van der Waals surface area contributed by atoms with E-state index in [-0.39, 0.29) is 18.4 Å². The molecule has 36 heavy (non-hydrogen) atoms. The van der Waals surface area contributed by atoms with Gasteiger partial charge < -0.3 is 16.0 Å². The summed E-state index contributed by atoms with van der Waals surface area (Å²) in [6, 6.07) is 12.0. The maximum absolute atomic E-state index is 13.6. The van der Waals surface area contributed by atoms with E-state index in [4.69, 9.17) is 17.3 Å². The minimum absolute atomic E-state index is 0.254. The van der Waals surface area contributed by atoms with Gasteiger partial charge in [-0.05, 0) is 60.4 Å². The van der Waals surface area contributed by atoms with Crippen molar-refractivity contribution in [3.63, 3.8) is 0 Å². The Kier molecular flexibility index (Phi) is 7.49. The van der Waals surface area contributed by atoms with Crippen LogP contribution >= 0.6 is 11.6 Å². The smallest absolute Gasteiger partial charge is 0.325 e. The number of carbonyl (C=O) groups excluding carboxylic acids is 3. The Labute approximate surface area is 214 Å². The second kappa shape index (κ2) is 10.7. The second-order valence-electron chi connectivity index (χ2n) is 8.62. The van der Waals surface area contributed by atoms with Gasteiger partial charge in [0.1, 0.15) is 11.9 Å². The normalized spacial score (nSPS) is 17.8. The van der Waals surface area contributed by atoms with Crippen LogP contribution < -0.4 is 16.0 Å². The molecule has 1 aromatic carbocycles. The van der Waals surface area contributed by atoms with Crippen LogP contribution in [0.4, 0.5) is 16.3 Å². The highest BCUT2D eigenvalue weighted by atomic mass is 35.5. The molecule has 0 unspecified atom stereocenters. The van der Waals surface area contributed by atoms with Gasteiger partial charge in [0, 0.05) is 36.3 Å². The number of likely N-dealkylation sites (tertiary alicyclic amines) is 1. The zero-order valence-electron chi connectivity index (χ0n) is 20.0. The van der Waals surface area contributed by atoms with Crippen molar-refractivity contribution >= 4 is 41.0 Å². The largest absolute Gasteiger partial charge is 0.384 e. The summed E-state index contributed by atoms with van der Waals surface area (Å²) in [5.41, 5.74) is 8.02. The minimum Gasteiger partial charge on any atom is -0.384 e. The van der Waals surface area contributed by atoms with Crippen LogP contribution in [0, 0.1) is 5.92 Å². The molecule has 0 saturated carbocycles. The quantitative estimate of drug-likeness (QED) is 0.472. The average Bonchev–Trinajstić information content (AvgIpc) is 2.89. The lowest BCUT2D eigenvalue weighted by Crippen LogP contribution is -2.70. The fourth-order valence-corrected chi connectivity index (χ4v) is 4.49. The summed E-state index contributed by atoms with van der Waals surface area (Å²) in [5.74, 6) is -1.19. The minimum atomic E-state index is -0.979. The van der Waals surface area contributed by atoms with Crippen LogP contribution in [-0.4, -0.2) is 45.8 Å². The summed E-state index contributed by atoms with van der Waals surface area (Å²) in [5, 5.41) is 3.49. The molecule has 4 rings (SSSR count). The Morgan fingerprint density at radius 3 is 2.47 bits per heavy atom. The summed E-state index contributed by atoms with van der Waals surface area (Å²) in [7, 11) is 1.61. The molecule has 9 nitrogen and oxygen atoms in total. The van der Waals surface area contributed by atoms with Crippen molar-refractivity contribution in [3.8, 4) is 0 Å². The Morgan fingerprint density at radius 1 is 1.14 bits per heavy atom. The number of nitrogens with two attached hydrogens (primary N) is 1. The van der Waals surface area contributed by atoms with Gasteiger partial charge in [-0.25, -0.2) is 9.78 Å². The third-order valence-corrected chi connectivity index (χ3v) is 6.60. The SMILES string of the molecule is CC[C@@H](NC(=O)N1C(=O)[C@H](Cc2ccnc(N)c2)[C@H]1C(=O)N(C)c1ccncc1)c1ccc(Cl)cc1. The maximum atomic E-state index is 13.6. The van der Waals surface area contributed by atoms with Crippen LogP contribution in [0.25, 0.3) is 0 Å². The van der Waals surface area contributed by atoms with E-state index in [2.05, 4.69) is 15.3 Å². The zero-order valence-corrected chi connectivity index (χ0v) is 20.7. The number of nitrogens with one attached hydrogen (secondary N) is 1. The molecule has 0 spiro atoms. The molecule has 1 saturated heterocycles. The fourth-order valence-electron chi connectivity index (χ4n) is 4.36. The van der Waals surface area contributed by atoms with Crippen molar-refractivity contribution in [2.45, 2.75) is 31.8 Å². The van der Waals surface area contributed by atoms with Crippen LogP contribution in [0.3, 0.4) is 0 Å². The highest BCUT2D eigenvalue weighted by Crippen LogP contribution is 2.33. The van der Waals surface area contributed by atoms with Gasteiger partial charge in [0.2, 0.25) is 5.91 Å². The van der Waals surface area contributed by atoms with E-state index in [1.165, 1.54) is 4.90 Å². The molecular formula is C26H27ClN6O3. The Hall–Kier alpha value is -3.98. The number of hydrogen-bond acceptors (Lipinski definition) is 6. The van der Waals surface area contributed by atoms with Crippen LogP contribution in [0.2, 0.25) is 5.02 Å². The van der Waals surface area contributed by atoms with Crippen LogP contribution in [0.15, 0.2) is 67.1 Å². The molecule has 1 fully saturated rings. The lowest BCUT2D eigenvalue weighted by atomic mass is 9.81. The highest BCUT2D eigenvalue weighted by molar-refractivity contribution is 6.30. The first-order valence-electron chi connectivity index (χ1n) is 11.6. The lowest BCUT2D eigenvalue weighted by molar-refractivity contribution is -0.156. The predicted octanol–water partition coefficient (Wildman–Crippen LogP) is 3.61. The number of hydrogen-bond donors (Lipinski definition) is 2. The monoisotopic (exact) mass is 506 g/mol. The van der Waals surface area contributed by atoms with E-state index >= 15 is 0 Å². The average molecular weight is 507 g/mol. The molecule has 3 atom stereocenters. The first-order valence-corrected chi connectivity index (χ1v) is 11.9. The van der Waals surface area contributed by atoms with E-state index in [1.54, 1.807) is 62.0 Å². The molecule has 186 valence electrons. The van der Waals surface area contributed by atoms with Crippen molar-refractivity contribution < 1.29 is 14.4 Å². The Bertz CT molecular complexity index is 1250. The molecular weight excluding hydrogens is 480 g/mol. The number of carbonyl (C=O) groups is 3. The van der Waals surface area contributed by atoms with Crippen LogP contribution in [-0.2, 0) is 16.0 Å².